The zero-order valence-electron chi connectivity index (χ0n) is 10.6. The lowest BCUT2D eigenvalue weighted by Crippen LogP contribution is -2.21. The van der Waals surface area contributed by atoms with Gasteiger partial charge in [0, 0.05) is 5.38 Å². The van der Waals surface area contributed by atoms with Gasteiger partial charge in [-0.15, -0.1) is 16.4 Å². The Balaban J connectivity index is 2.15. The number of nitrogens with zero attached hydrogens (tertiary/aromatic N) is 4. The Morgan fingerprint density at radius 1 is 1.52 bits per heavy atom. The molecule has 2 aromatic rings. The first-order chi connectivity index (χ1) is 9.88. The van der Waals surface area contributed by atoms with E-state index in [1.165, 1.54) is 11.3 Å². The molecule has 2 rings (SSSR count). The van der Waals surface area contributed by atoms with Gasteiger partial charge in [0.2, 0.25) is 5.91 Å². The molecule has 0 radical (unpaired) electrons. The number of nitrogens with one attached hydrogen (secondary N) is 1. The highest BCUT2D eigenvalue weighted by molar-refractivity contribution is 7.13. The number of carboxylic acid groups (broad SMARTS) is 1. The van der Waals surface area contributed by atoms with E-state index in [4.69, 9.17) is 5.11 Å². The van der Waals surface area contributed by atoms with Gasteiger partial charge in [0.05, 0.1) is 5.69 Å². The number of rotatable bonds is 5. The van der Waals surface area contributed by atoms with Gasteiger partial charge in [-0.25, -0.2) is 23.2 Å². The quantitative estimate of drug-likeness (QED) is 0.860. The van der Waals surface area contributed by atoms with Gasteiger partial charge in [-0.1, -0.05) is 5.21 Å². The number of aromatic carboxylic acids is 1. The van der Waals surface area contributed by atoms with Gasteiger partial charge < -0.3 is 10.4 Å². The minimum atomic E-state index is -3.11. The third-order valence-corrected chi connectivity index (χ3v) is 3.22. The summed E-state index contributed by atoms with van der Waals surface area (Å²) in [5.41, 5.74) is -1.08. The number of carbonyl (C=O) groups excluding carboxylic acids is 1. The molecule has 21 heavy (non-hydrogen) atoms. The average Bonchev–Trinajstić information content (AvgIpc) is 2.95. The van der Waals surface area contributed by atoms with Crippen LogP contribution in [0.2, 0.25) is 0 Å². The first-order valence-corrected chi connectivity index (χ1v) is 6.43. The predicted molar refractivity (Wildman–Crippen MR) is 67.4 cm³/mol. The van der Waals surface area contributed by atoms with E-state index in [1.807, 2.05) is 0 Å². The number of alkyl halides is 2. The number of amides is 1. The Morgan fingerprint density at radius 3 is 2.76 bits per heavy atom. The van der Waals surface area contributed by atoms with Gasteiger partial charge >= 0.3 is 5.97 Å². The molecule has 2 aromatic heterocycles. The molecule has 0 spiro atoms. The molecule has 2 N–H and O–H groups in total. The molecule has 0 aliphatic carbocycles. The first-order valence-electron chi connectivity index (χ1n) is 5.55. The van der Waals surface area contributed by atoms with E-state index >= 15 is 0 Å². The van der Waals surface area contributed by atoms with E-state index in [2.05, 4.69) is 20.6 Å². The van der Waals surface area contributed by atoms with Crippen molar-refractivity contribution in [3.63, 3.8) is 0 Å². The number of anilines is 1. The molecular formula is C10H9F2N5O3S. The van der Waals surface area contributed by atoms with E-state index in [0.717, 1.165) is 0 Å². The lowest BCUT2D eigenvalue weighted by molar-refractivity contribution is -0.117. The molecule has 11 heteroatoms. The number of aromatic nitrogens is 4. The van der Waals surface area contributed by atoms with Crippen molar-refractivity contribution in [1.29, 1.82) is 0 Å². The number of halogens is 2. The van der Waals surface area contributed by atoms with Crippen molar-refractivity contribution < 1.29 is 23.5 Å². The lowest BCUT2D eigenvalue weighted by atomic mass is 10.3. The highest BCUT2D eigenvalue weighted by Gasteiger charge is 2.27. The van der Waals surface area contributed by atoms with Crippen molar-refractivity contribution in [3.05, 3.63) is 22.5 Å². The number of aryl methyl sites for hydroxylation is 1. The van der Waals surface area contributed by atoms with Crippen molar-refractivity contribution >= 4 is 28.3 Å². The van der Waals surface area contributed by atoms with Crippen molar-refractivity contribution in [3.8, 4) is 0 Å². The van der Waals surface area contributed by atoms with Crippen molar-refractivity contribution in [2.24, 2.45) is 0 Å². The van der Waals surface area contributed by atoms with E-state index in [1.54, 1.807) is 12.3 Å². The normalized spacial score (nSPS) is 10.9. The van der Waals surface area contributed by atoms with Crippen LogP contribution < -0.4 is 5.32 Å². The van der Waals surface area contributed by atoms with Crippen LogP contribution in [0.15, 0.2) is 5.38 Å². The van der Waals surface area contributed by atoms with E-state index < -0.39 is 36.2 Å². The standard InChI is InChI=1S/C10H9F2N5O3S/c1-4-3-21-10(13-4)14-5(18)2-17-7(8(11)12)6(9(19)20)15-16-17/h3,8H,2H2,1H3,(H,19,20)(H,13,14,18). The largest absolute Gasteiger partial charge is 0.476 e. The number of carbonyl (C=O) groups is 2. The molecule has 0 bridgehead atoms. The predicted octanol–water partition coefficient (Wildman–Crippen LogP) is 1.32. The molecule has 0 saturated carbocycles. The van der Waals surface area contributed by atoms with E-state index in [9.17, 15) is 18.4 Å². The zero-order valence-corrected chi connectivity index (χ0v) is 11.4. The molecule has 0 aromatic carbocycles. The summed E-state index contributed by atoms with van der Waals surface area (Å²) >= 11 is 1.18. The Kier molecular flexibility index (Phi) is 4.21. The van der Waals surface area contributed by atoms with Gasteiger partial charge in [-0.05, 0) is 6.92 Å². The molecule has 8 nitrogen and oxygen atoms in total. The lowest BCUT2D eigenvalue weighted by Gasteiger charge is -2.05. The van der Waals surface area contributed by atoms with E-state index in [0.29, 0.717) is 15.5 Å². The summed E-state index contributed by atoms with van der Waals surface area (Å²) < 4.78 is 26.3. The third-order valence-electron chi connectivity index (χ3n) is 2.34. The SMILES string of the molecule is Cc1csc(NC(=O)Cn2nnc(C(=O)O)c2C(F)F)n1. The minimum absolute atomic E-state index is 0.315. The van der Waals surface area contributed by atoms with Crippen LogP contribution in [0.25, 0.3) is 0 Å². The van der Waals surface area contributed by atoms with Crippen molar-refractivity contribution in [1.82, 2.24) is 20.0 Å². The molecule has 0 atom stereocenters. The van der Waals surface area contributed by atoms with Gasteiger partial charge in [-0.3, -0.25) is 4.79 Å². The molecular weight excluding hydrogens is 308 g/mol. The molecule has 112 valence electrons. The maximum atomic E-state index is 12.9. The van der Waals surface area contributed by atoms with Crippen molar-refractivity contribution in [2.45, 2.75) is 19.9 Å². The van der Waals surface area contributed by atoms with Crippen LogP contribution in [-0.2, 0) is 11.3 Å². The second-order valence-corrected chi connectivity index (χ2v) is 4.79. The fourth-order valence-corrected chi connectivity index (χ4v) is 2.22. The topological polar surface area (TPSA) is 110 Å². The summed E-state index contributed by atoms with van der Waals surface area (Å²) in [6.45, 7) is 1.15. The number of hydrogen-bond acceptors (Lipinski definition) is 6. The molecule has 0 aliphatic rings. The third kappa shape index (κ3) is 3.37. The number of hydrogen-bond donors (Lipinski definition) is 2. The van der Waals surface area contributed by atoms with Crippen LogP contribution in [0.1, 0.15) is 28.3 Å². The Morgan fingerprint density at radius 2 is 2.24 bits per heavy atom. The van der Waals surface area contributed by atoms with Crippen LogP contribution in [0.4, 0.5) is 13.9 Å². The molecule has 1 amide bonds. The van der Waals surface area contributed by atoms with Gasteiger partial charge in [0.25, 0.3) is 6.43 Å². The van der Waals surface area contributed by atoms with Gasteiger partial charge in [-0.2, -0.15) is 0 Å². The zero-order chi connectivity index (χ0) is 15.6. The highest BCUT2D eigenvalue weighted by atomic mass is 32.1. The van der Waals surface area contributed by atoms with Crippen LogP contribution in [0, 0.1) is 6.92 Å². The smallest absolute Gasteiger partial charge is 0.358 e. The maximum absolute atomic E-state index is 12.9. The molecule has 0 fully saturated rings. The molecule has 0 unspecified atom stereocenters. The summed E-state index contributed by atoms with van der Waals surface area (Å²) in [5, 5.41) is 19.6. The average molecular weight is 317 g/mol. The summed E-state index contributed by atoms with van der Waals surface area (Å²) in [6, 6.07) is 0. The Labute approximate surface area is 120 Å². The van der Waals surface area contributed by atoms with Crippen molar-refractivity contribution in [2.75, 3.05) is 5.32 Å². The van der Waals surface area contributed by atoms with E-state index in [-0.39, 0.29) is 0 Å². The van der Waals surface area contributed by atoms with Gasteiger partial charge in [0.15, 0.2) is 10.8 Å². The van der Waals surface area contributed by atoms with Crippen LogP contribution in [0.3, 0.4) is 0 Å². The molecule has 2 heterocycles. The second-order valence-electron chi connectivity index (χ2n) is 3.93. The summed E-state index contributed by atoms with van der Waals surface area (Å²) in [7, 11) is 0. The first kappa shape index (κ1) is 15.0. The van der Waals surface area contributed by atoms with Crippen LogP contribution in [0.5, 0.6) is 0 Å². The maximum Gasteiger partial charge on any atom is 0.358 e. The van der Waals surface area contributed by atoms with Crippen LogP contribution in [-0.4, -0.2) is 37.0 Å². The van der Waals surface area contributed by atoms with Gasteiger partial charge in [0.1, 0.15) is 12.2 Å². The Hall–Kier alpha value is -2.43. The Bertz CT molecular complexity index is 684. The molecule has 0 aliphatic heterocycles. The summed E-state index contributed by atoms with van der Waals surface area (Å²) in [4.78, 5) is 26.5. The monoisotopic (exact) mass is 317 g/mol. The number of thiazole rings is 1. The number of carboxylic acids is 1. The minimum Gasteiger partial charge on any atom is -0.476 e. The molecule has 0 saturated heterocycles. The highest BCUT2D eigenvalue weighted by Crippen LogP contribution is 2.21. The second kappa shape index (κ2) is 5.91. The van der Waals surface area contributed by atoms with Crippen LogP contribution >= 0.6 is 11.3 Å². The summed E-state index contributed by atoms with van der Waals surface area (Å²) in [6.07, 6.45) is -3.11. The fourth-order valence-electron chi connectivity index (χ4n) is 1.51. The fraction of sp³-hybridized carbons (Fsp3) is 0.300. The summed E-state index contributed by atoms with van der Waals surface area (Å²) in [5.74, 6) is -2.29.